The number of hydrogen-bond acceptors (Lipinski definition) is 4. The number of aryl methyl sites for hydroxylation is 1. The molecule has 0 bridgehead atoms. The quantitative estimate of drug-likeness (QED) is 0.484. The van der Waals surface area contributed by atoms with Crippen molar-refractivity contribution < 1.29 is 18.7 Å². The molecule has 0 radical (unpaired) electrons. The Morgan fingerprint density at radius 3 is 2.68 bits per heavy atom. The highest BCUT2D eigenvalue weighted by Crippen LogP contribution is 2.33. The number of ether oxygens (including phenoxy) is 1. The first-order valence-electron chi connectivity index (χ1n) is 6.70. The number of hydrogen-bond donors (Lipinski definition) is 0. The minimum Gasteiger partial charge on any atom is -0.459 e. The third-order valence-corrected chi connectivity index (χ3v) is 3.32. The van der Waals surface area contributed by atoms with Gasteiger partial charge in [-0.1, -0.05) is 19.2 Å². The predicted octanol–water partition coefficient (Wildman–Crippen LogP) is 2.98. The van der Waals surface area contributed by atoms with Crippen LogP contribution in [0.25, 0.3) is 11.0 Å². The summed E-state index contributed by atoms with van der Waals surface area (Å²) < 4.78 is 11.0. The third-order valence-electron chi connectivity index (χ3n) is 3.32. The van der Waals surface area contributed by atoms with E-state index in [0.29, 0.717) is 29.0 Å². The Morgan fingerprint density at radius 2 is 2.05 bits per heavy atom. The van der Waals surface area contributed by atoms with Crippen LogP contribution in [0.2, 0.25) is 0 Å². The second-order valence-electron chi connectivity index (χ2n) is 4.80. The van der Waals surface area contributed by atoms with Crippen molar-refractivity contribution in [2.75, 3.05) is 7.05 Å². The van der Waals surface area contributed by atoms with Gasteiger partial charge in [-0.3, -0.25) is 4.79 Å². The van der Waals surface area contributed by atoms with Gasteiger partial charge in [0.2, 0.25) is 5.91 Å². The van der Waals surface area contributed by atoms with Gasteiger partial charge in [0.1, 0.15) is 17.1 Å². The Balaban J connectivity index is 2.43. The number of likely N-dealkylation sites (N-methyl/N-ethyl adjacent to an activating group) is 1. The monoisotopic (exact) mass is 299 g/mol. The molecule has 0 aliphatic heterocycles. The highest BCUT2D eigenvalue weighted by atomic mass is 16.5. The van der Waals surface area contributed by atoms with Crippen molar-refractivity contribution in [3.05, 3.63) is 54.8 Å². The molecule has 0 aliphatic carbocycles. The first kappa shape index (κ1) is 15.6. The number of carbonyl (C=O) groups is 2. The number of carbonyl (C=O) groups excluding carboxylic acids is 2. The third kappa shape index (κ3) is 2.93. The van der Waals surface area contributed by atoms with E-state index < -0.39 is 5.97 Å². The average Bonchev–Trinajstić information content (AvgIpc) is 2.83. The summed E-state index contributed by atoms with van der Waals surface area (Å²) in [6.45, 7) is 9.00. The molecule has 1 amide bonds. The summed E-state index contributed by atoms with van der Waals surface area (Å²) in [5, 5.41) is 0.715. The molecular weight excluding hydrogens is 282 g/mol. The van der Waals surface area contributed by atoms with Crippen LogP contribution in [0.4, 0.5) is 0 Å². The molecule has 0 fully saturated rings. The van der Waals surface area contributed by atoms with Crippen LogP contribution in [0.3, 0.4) is 0 Å². The van der Waals surface area contributed by atoms with Gasteiger partial charge in [-0.15, -0.1) is 0 Å². The SMILES string of the molecule is C=CC(=O)Oc1cccc2oc(CN(C)C(=O)C=C)c(C)c12. The molecule has 0 spiro atoms. The zero-order valence-corrected chi connectivity index (χ0v) is 12.6. The molecule has 1 aromatic heterocycles. The van der Waals surface area contributed by atoms with Crippen LogP contribution < -0.4 is 4.74 Å². The number of benzene rings is 1. The topological polar surface area (TPSA) is 59.8 Å². The number of nitrogens with zero attached hydrogens (tertiary/aromatic N) is 1. The van der Waals surface area contributed by atoms with Crippen LogP contribution in [0.5, 0.6) is 5.75 Å². The minimum absolute atomic E-state index is 0.196. The molecule has 22 heavy (non-hydrogen) atoms. The Kier molecular flexibility index (Phi) is 4.46. The lowest BCUT2D eigenvalue weighted by atomic mass is 10.1. The van der Waals surface area contributed by atoms with E-state index >= 15 is 0 Å². The molecule has 0 N–H and O–H groups in total. The van der Waals surface area contributed by atoms with Crippen molar-refractivity contribution in [2.45, 2.75) is 13.5 Å². The standard InChI is InChI=1S/C17H17NO4/c1-5-15(19)18(4)10-14-11(3)17-12(21-14)8-7-9-13(17)22-16(20)6-2/h5-9H,1-2,10H2,3-4H3. The molecule has 0 unspecified atom stereocenters. The highest BCUT2D eigenvalue weighted by molar-refractivity contribution is 5.92. The number of furan rings is 1. The Morgan fingerprint density at radius 1 is 1.32 bits per heavy atom. The largest absolute Gasteiger partial charge is 0.459 e. The Bertz CT molecular complexity index is 757. The van der Waals surface area contributed by atoms with Crippen LogP contribution in [0, 0.1) is 6.92 Å². The van der Waals surface area contributed by atoms with Gasteiger partial charge < -0.3 is 14.1 Å². The maximum absolute atomic E-state index is 11.6. The van der Waals surface area contributed by atoms with E-state index in [2.05, 4.69) is 13.2 Å². The van der Waals surface area contributed by atoms with E-state index in [0.717, 1.165) is 11.6 Å². The number of esters is 1. The van der Waals surface area contributed by atoms with Gasteiger partial charge in [0.25, 0.3) is 0 Å². The van der Waals surface area contributed by atoms with Crippen molar-refractivity contribution in [3.63, 3.8) is 0 Å². The Hall–Kier alpha value is -2.82. The maximum Gasteiger partial charge on any atom is 0.335 e. The second-order valence-corrected chi connectivity index (χ2v) is 4.80. The van der Waals surface area contributed by atoms with Crippen molar-refractivity contribution in [3.8, 4) is 5.75 Å². The molecule has 0 saturated heterocycles. The molecular formula is C17H17NO4. The summed E-state index contributed by atoms with van der Waals surface area (Å²) in [6, 6.07) is 5.21. The van der Waals surface area contributed by atoms with Crippen LogP contribution in [0.15, 0.2) is 47.9 Å². The second kappa shape index (κ2) is 6.30. The van der Waals surface area contributed by atoms with Crippen LogP contribution in [0.1, 0.15) is 11.3 Å². The maximum atomic E-state index is 11.6. The first-order chi connectivity index (χ1) is 10.5. The minimum atomic E-state index is -0.534. The molecule has 1 heterocycles. The molecule has 1 aromatic carbocycles. The Labute approximate surface area is 128 Å². The fourth-order valence-electron chi connectivity index (χ4n) is 2.15. The predicted molar refractivity (Wildman–Crippen MR) is 83.5 cm³/mol. The summed E-state index contributed by atoms with van der Waals surface area (Å²) in [5.41, 5.74) is 1.42. The molecule has 0 aliphatic rings. The first-order valence-corrected chi connectivity index (χ1v) is 6.70. The van der Waals surface area contributed by atoms with Gasteiger partial charge in [-0.25, -0.2) is 4.79 Å². The van der Waals surface area contributed by atoms with Crippen LogP contribution in [-0.4, -0.2) is 23.8 Å². The smallest absolute Gasteiger partial charge is 0.335 e. The van der Waals surface area contributed by atoms with E-state index in [4.69, 9.17) is 9.15 Å². The van der Waals surface area contributed by atoms with Crippen molar-refractivity contribution >= 4 is 22.8 Å². The summed E-state index contributed by atoms with van der Waals surface area (Å²) in [5.74, 6) is 0.314. The van der Waals surface area contributed by atoms with Crippen molar-refractivity contribution in [1.82, 2.24) is 4.90 Å². The molecule has 2 rings (SSSR count). The van der Waals surface area contributed by atoms with E-state index in [1.807, 2.05) is 6.92 Å². The zero-order valence-electron chi connectivity index (χ0n) is 12.6. The average molecular weight is 299 g/mol. The van der Waals surface area contributed by atoms with Crippen LogP contribution >= 0.6 is 0 Å². The lowest BCUT2D eigenvalue weighted by Gasteiger charge is -2.13. The van der Waals surface area contributed by atoms with Gasteiger partial charge in [0.15, 0.2) is 0 Å². The summed E-state index contributed by atoms with van der Waals surface area (Å²) in [7, 11) is 1.66. The van der Waals surface area contributed by atoms with Gasteiger partial charge >= 0.3 is 5.97 Å². The van der Waals surface area contributed by atoms with E-state index in [1.165, 1.54) is 11.0 Å². The molecule has 2 aromatic rings. The lowest BCUT2D eigenvalue weighted by Crippen LogP contribution is -2.23. The number of fused-ring (bicyclic) bond motifs is 1. The summed E-state index contributed by atoms with van der Waals surface area (Å²) >= 11 is 0. The highest BCUT2D eigenvalue weighted by Gasteiger charge is 2.18. The number of amides is 1. The van der Waals surface area contributed by atoms with Gasteiger partial charge in [-0.2, -0.15) is 0 Å². The van der Waals surface area contributed by atoms with Crippen molar-refractivity contribution in [2.24, 2.45) is 0 Å². The molecule has 0 saturated carbocycles. The summed E-state index contributed by atoms with van der Waals surface area (Å²) in [6.07, 6.45) is 2.35. The van der Waals surface area contributed by atoms with E-state index in [-0.39, 0.29) is 5.91 Å². The fourth-order valence-corrected chi connectivity index (χ4v) is 2.15. The van der Waals surface area contributed by atoms with Gasteiger partial charge in [-0.05, 0) is 25.1 Å². The van der Waals surface area contributed by atoms with Gasteiger partial charge in [0, 0.05) is 18.7 Å². The fraction of sp³-hybridized carbons (Fsp3) is 0.176. The van der Waals surface area contributed by atoms with Gasteiger partial charge in [0.05, 0.1) is 11.9 Å². The van der Waals surface area contributed by atoms with Crippen LogP contribution in [-0.2, 0) is 16.1 Å². The zero-order chi connectivity index (χ0) is 16.3. The van der Waals surface area contributed by atoms with Crippen molar-refractivity contribution in [1.29, 1.82) is 0 Å². The van der Waals surface area contributed by atoms with E-state index in [9.17, 15) is 9.59 Å². The summed E-state index contributed by atoms with van der Waals surface area (Å²) in [4.78, 5) is 24.5. The normalized spacial score (nSPS) is 10.3. The van der Waals surface area contributed by atoms with E-state index in [1.54, 1.807) is 25.2 Å². The lowest BCUT2D eigenvalue weighted by molar-refractivity contribution is -0.129. The molecule has 5 heteroatoms. The number of rotatable bonds is 5. The molecule has 0 atom stereocenters. The molecule has 114 valence electrons. The molecule has 5 nitrogen and oxygen atoms in total.